The van der Waals surface area contributed by atoms with Crippen molar-refractivity contribution in [1.29, 1.82) is 0 Å². The second kappa shape index (κ2) is 2.13. The molecule has 3 nitrogen and oxygen atoms in total. The van der Waals surface area contributed by atoms with Crippen molar-refractivity contribution >= 4 is 6.08 Å². The van der Waals surface area contributed by atoms with E-state index in [-0.39, 0.29) is 11.1 Å². The smallest absolute Gasteiger partial charge is 0.384 e. The van der Waals surface area contributed by atoms with E-state index in [4.69, 9.17) is 9.47 Å². The van der Waals surface area contributed by atoms with Crippen LogP contribution in [0.2, 0.25) is 0 Å². The summed E-state index contributed by atoms with van der Waals surface area (Å²) in [7, 11) is 1.57. The Balaban J connectivity index is 2.87. The zero-order valence-corrected chi connectivity index (χ0v) is 7.76. The molecule has 1 aliphatic rings. The molecule has 1 rings (SSSR count). The molecule has 3 heteroatoms. The highest BCUT2D eigenvalue weighted by Crippen LogP contribution is 2.34. The number of hydrogen-bond acceptors (Lipinski definition) is 3. The molecule has 0 saturated carbocycles. The summed E-state index contributed by atoms with van der Waals surface area (Å²) in [5, 5.41) is 0. The Labute approximate surface area is 67.4 Å². The Bertz CT molecular complexity index is 194. The molecule has 0 radical (unpaired) electrons. The fraction of sp³-hybridized carbons (Fsp3) is 0.875. The standard InChI is InChI=1S/C8H15NO2/c1-7(2)8(3,4)11-6(9-7)10-5/h1-5H3. The monoisotopic (exact) mass is 157 g/mol. The summed E-state index contributed by atoms with van der Waals surface area (Å²) in [6.07, 6.45) is 0.389. The van der Waals surface area contributed by atoms with Crippen LogP contribution in [-0.2, 0) is 9.47 Å². The van der Waals surface area contributed by atoms with Crippen LogP contribution < -0.4 is 0 Å². The van der Waals surface area contributed by atoms with Gasteiger partial charge in [0.25, 0.3) is 0 Å². The molecule has 0 spiro atoms. The second-order valence-electron chi connectivity index (χ2n) is 3.75. The summed E-state index contributed by atoms with van der Waals surface area (Å²) < 4.78 is 10.4. The van der Waals surface area contributed by atoms with Crippen LogP contribution in [-0.4, -0.2) is 24.3 Å². The molecule has 0 atom stereocenters. The van der Waals surface area contributed by atoms with Crippen molar-refractivity contribution in [3.8, 4) is 0 Å². The van der Waals surface area contributed by atoms with E-state index >= 15 is 0 Å². The Morgan fingerprint density at radius 1 is 1.27 bits per heavy atom. The predicted molar refractivity (Wildman–Crippen MR) is 43.7 cm³/mol. The first kappa shape index (κ1) is 8.37. The largest absolute Gasteiger partial charge is 0.454 e. The van der Waals surface area contributed by atoms with E-state index in [9.17, 15) is 0 Å². The summed E-state index contributed by atoms with van der Waals surface area (Å²) in [5.74, 6) is 0. The van der Waals surface area contributed by atoms with Gasteiger partial charge in [-0.1, -0.05) is 0 Å². The molecular formula is C8H15NO2. The SMILES string of the molecule is COC1=NC(C)(C)C(C)(C)O1. The Kier molecular flexibility index (Phi) is 1.62. The topological polar surface area (TPSA) is 30.8 Å². The lowest BCUT2D eigenvalue weighted by Crippen LogP contribution is -2.41. The van der Waals surface area contributed by atoms with Crippen LogP contribution in [0.4, 0.5) is 0 Å². The maximum atomic E-state index is 5.44. The minimum Gasteiger partial charge on any atom is -0.454 e. The van der Waals surface area contributed by atoms with E-state index in [1.54, 1.807) is 7.11 Å². The molecule has 1 heterocycles. The van der Waals surface area contributed by atoms with Crippen LogP contribution >= 0.6 is 0 Å². The average Bonchev–Trinajstić information content (AvgIpc) is 2.03. The highest BCUT2D eigenvalue weighted by atomic mass is 16.7. The van der Waals surface area contributed by atoms with E-state index in [2.05, 4.69) is 4.99 Å². The van der Waals surface area contributed by atoms with Crippen molar-refractivity contribution in [2.24, 2.45) is 4.99 Å². The first-order valence-corrected chi connectivity index (χ1v) is 3.72. The first-order chi connectivity index (χ1) is 4.89. The quantitative estimate of drug-likeness (QED) is 0.534. The van der Waals surface area contributed by atoms with Gasteiger partial charge in [0.2, 0.25) is 0 Å². The fourth-order valence-electron chi connectivity index (χ4n) is 0.816. The first-order valence-electron chi connectivity index (χ1n) is 3.72. The Morgan fingerprint density at radius 2 is 1.82 bits per heavy atom. The average molecular weight is 157 g/mol. The molecule has 1 aliphatic heterocycles. The fourth-order valence-corrected chi connectivity index (χ4v) is 0.816. The van der Waals surface area contributed by atoms with Crippen LogP contribution in [0, 0.1) is 0 Å². The highest BCUT2D eigenvalue weighted by molar-refractivity contribution is 5.70. The van der Waals surface area contributed by atoms with E-state index in [0.29, 0.717) is 6.08 Å². The van der Waals surface area contributed by atoms with E-state index in [1.165, 1.54) is 0 Å². The summed E-state index contributed by atoms with van der Waals surface area (Å²) in [4.78, 5) is 4.26. The van der Waals surface area contributed by atoms with Crippen LogP contribution in [0.15, 0.2) is 4.99 Å². The number of methoxy groups -OCH3 is 1. The zero-order valence-electron chi connectivity index (χ0n) is 7.76. The van der Waals surface area contributed by atoms with E-state index in [0.717, 1.165) is 0 Å². The molecule has 0 aromatic carbocycles. The van der Waals surface area contributed by atoms with Gasteiger partial charge in [0, 0.05) is 0 Å². The lowest BCUT2D eigenvalue weighted by molar-refractivity contribution is 0.0375. The van der Waals surface area contributed by atoms with E-state index in [1.807, 2.05) is 27.7 Å². The van der Waals surface area contributed by atoms with Gasteiger partial charge in [0.05, 0.1) is 7.11 Å². The minimum atomic E-state index is -0.266. The number of rotatable bonds is 0. The molecule has 0 fully saturated rings. The number of ether oxygens (including phenoxy) is 2. The Morgan fingerprint density at radius 3 is 2.00 bits per heavy atom. The van der Waals surface area contributed by atoms with Gasteiger partial charge in [-0.2, -0.15) is 0 Å². The van der Waals surface area contributed by atoms with Crippen molar-refractivity contribution < 1.29 is 9.47 Å². The Hall–Kier alpha value is -0.730. The third-order valence-corrected chi connectivity index (χ3v) is 2.36. The zero-order chi connectivity index (χ0) is 8.70. The van der Waals surface area contributed by atoms with Gasteiger partial charge in [-0.15, -0.1) is 0 Å². The van der Waals surface area contributed by atoms with Crippen molar-refractivity contribution in [3.05, 3.63) is 0 Å². The molecule has 0 amide bonds. The molecule has 0 aliphatic carbocycles. The third kappa shape index (κ3) is 1.19. The van der Waals surface area contributed by atoms with Gasteiger partial charge >= 0.3 is 6.08 Å². The third-order valence-electron chi connectivity index (χ3n) is 2.36. The second-order valence-corrected chi connectivity index (χ2v) is 3.75. The summed E-state index contributed by atoms with van der Waals surface area (Å²) in [5.41, 5.74) is -0.462. The van der Waals surface area contributed by atoms with Gasteiger partial charge in [-0.25, -0.2) is 4.99 Å². The van der Waals surface area contributed by atoms with Gasteiger partial charge in [-0.3, -0.25) is 0 Å². The minimum absolute atomic E-state index is 0.196. The summed E-state index contributed by atoms with van der Waals surface area (Å²) in [6.45, 7) is 8.06. The molecule has 0 saturated heterocycles. The number of hydrogen-bond donors (Lipinski definition) is 0. The lowest BCUT2D eigenvalue weighted by Gasteiger charge is -2.29. The van der Waals surface area contributed by atoms with Gasteiger partial charge in [-0.05, 0) is 27.7 Å². The molecular weight excluding hydrogens is 142 g/mol. The highest BCUT2D eigenvalue weighted by Gasteiger charge is 2.46. The van der Waals surface area contributed by atoms with E-state index < -0.39 is 0 Å². The number of nitrogens with zero attached hydrogens (tertiary/aromatic N) is 1. The number of aliphatic imine (C=N–C) groups is 1. The van der Waals surface area contributed by atoms with Crippen LogP contribution in [0.25, 0.3) is 0 Å². The maximum absolute atomic E-state index is 5.44. The van der Waals surface area contributed by atoms with Crippen molar-refractivity contribution in [1.82, 2.24) is 0 Å². The molecule has 0 unspecified atom stereocenters. The van der Waals surface area contributed by atoms with Crippen LogP contribution in [0.3, 0.4) is 0 Å². The van der Waals surface area contributed by atoms with Crippen molar-refractivity contribution in [2.75, 3.05) is 7.11 Å². The lowest BCUT2D eigenvalue weighted by atomic mass is 9.87. The maximum Gasteiger partial charge on any atom is 0.384 e. The molecule has 0 aromatic heterocycles. The van der Waals surface area contributed by atoms with Crippen LogP contribution in [0.1, 0.15) is 27.7 Å². The van der Waals surface area contributed by atoms with Crippen molar-refractivity contribution in [2.45, 2.75) is 38.8 Å². The summed E-state index contributed by atoms with van der Waals surface area (Å²) in [6, 6.07) is 0. The predicted octanol–water partition coefficient (Wildman–Crippen LogP) is 1.58. The normalized spacial score (nSPS) is 25.7. The van der Waals surface area contributed by atoms with Crippen molar-refractivity contribution in [3.63, 3.8) is 0 Å². The molecule has 0 bridgehead atoms. The molecule has 0 N–H and O–H groups in total. The van der Waals surface area contributed by atoms with Gasteiger partial charge < -0.3 is 9.47 Å². The van der Waals surface area contributed by atoms with Gasteiger partial charge in [0.1, 0.15) is 11.1 Å². The molecule has 11 heavy (non-hydrogen) atoms. The summed E-state index contributed by atoms with van der Waals surface area (Å²) >= 11 is 0. The van der Waals surface area contributed by atoms with Crippen LogP contribution in [0.5, 0.6) is 0 Å². The molecule has 0 aromatic rings. The molecule has 64 valence electrons. The van der Waals surface area contributed by atoms with Gasteiger partial charge in [0.15, 0.2) is 0 Å².